The number of carbonyl (C=O) groups is 3. The number of rotatable bonds is 5. The van der Waals surface area contributed by atoms with Gasteiger partial charge in [0.05, 0.1) is 11.5 Å². The summed E-state index contributed by atoms with van der Waals surface area (Å²) in [6.45, 7) is 6.14. The van der Waals surface area contributed by atoms with E-state index in [2.05, 4.69) is 11.4 Å². The number of fused-ring (bicyclic) bond motifs is 2. The maximum atomic E-state index is 14.0. The summed E-state index contributed by atoms with van der Waals surface area (Å²) in [5, 5.41) is 12.9. The minimum Gasteiger partial charge on any atom is -0.445 e. The predicted molar refractivity (Wildman–Crippen MR) is 135 cm³/mol. The highest BCUT2D eigenvalue weighted by molar-refractivity contribution is 6.07. The number of amides is 3. The molecule has 0 bridgehead atoms. The minimum atomic E-state index is -0.981. The fraction of sp³-hybridized carbons (Fsp3) is 0.429. The molecule has 3 amide bonds. The second-order valence-electron chi connectivity index (χ2n) is 10.8. The summed E-state index contributed by atoms with van der Waals surface area (Å²) in [7, 11) is 1.55. The lowest BCUT2D eigenvalue weighted by Crippen LogP contribution is -2.52. The molecule has 2 aromatic carbocycles. The molecule has 2 aliphatic rings. The monoisotopic (exact) mass is 488 g/mol. The fourth-order valence-corrected chi connectivity index (χ4v) is 5.10. The maximum Gasteiger partial charge on any atom is 0.410 e. The summed E-state index contributed by atoms with van der Waals surface area (Å²) < 4.78 is 5.50. The summed E-state index contributed by atoms with van der Waals surface area (Å²) in [6.07, 6.45) is -0.0387. The molecule has 1 fully saturated rings. The standard InChI is InChI=1S/C28H32N4O4/c1-27(2,3)15-23(31(4)26(35)36-17-19-10-6-5-7-11-19)24(33)32-18-28(14-20(32)16-29)21-12-8-9-13-22(21)30-25(28)34/h5-13,20,23H,14-15,17-18H2,1-4H3,(H,30,34)/t20?,23-,28-/m0/s1. The Balaban J connectivity index is 1.58. The highest BCUT2D eigenvalue weighted by Crippen LogP contribution is 2.46. The number of ether oxygens (including phenoxy) is 1. The zero-order valence-electron chi connectivity index (χ0n) is 21.2. The Morgan fingerprint density at radius 3 is 2.53 bits per heavy atom. The van der Waals surface area contributed by atoms with Crippen molar-refractivity contribution in [3.8, 4) is 6.07 Å². The first-order chi connectivity index (χ1) is 17.1. The number of benzene rings is 2. The molecule has 0 aromatic heterocycles. The Kier molecular flexibility index (Phi) is 6.77. The van der Waals surface area contributed by atoms with Crippen LogP contribution in [0.3, 0.4) is 0 Å². The van der Waals surface area contributed by atoms with E-state index in [9.17, 15) is 19.6 Å². The van der Waals surface area contributed by atoms with Crippen molar-refractivity contribution >= 4 is 23.6 Å². The average Bonchev–Trinajstić information content (AvgIpc) is 3.38. The van der Waals surface area contributed by atoms with Gasteiger partial charge in [-0.05, 0) is 29.0 Å². The van der Waals surface area contributed by atoms with Gasteiger partial charge in [0.1, 0.15) is 18.7 Å². The molecule has 36 heavy (non-hydrogen) atoms. The van der Waals surface area contributed by atoms with E-state index in [-0.39, 0.29) is 36.8 Å². The molecular formula is C28H32N4O4. The first-order valence-electron chi connectivity index (χ1n) is 12.1. The van der Waals surface area contributed by atoms with Crippen LogP contribution in [0.2, 0.25) is 0 Å². The van der Waals surface area contributed by atoms with Crippen LogP contribution in [0.4, 0.5) is 10.5 Å². The average molecular weight is 489 g/mol. The van der Waals surface area contributed by atoms with Crippen molar-refractivity contribution in [2.24, 2.45) is 5.41 Å². The molecule has 1 unspecified atom stereocenters. The van der Waals surface area contributed by atoms with Crippen LogP contribution in [0.5, 0.6) is 0 Å². The Morgan fingerprint density at radius 2 is 1.86 bits per heavy atom. The van der Waals surface area contributed by atoms with Crippen molar-refractivity contribution in [2.75, 3.05) is 18.9 Å². The molecule has 1 saturated heterocycles. The number of hydrogen-bond donors (Lipinski definition) is 1. The van der Waals surface area contributed by atoms with Crippen molar-refractivity contribution in [3.05, 3.63) is 65.7 Å². The molecule has 0 radical (unpaired) electrons. The number of nitriles is 1. The quantitative estimate of drug-likeness (QED) is 0.683. The third kappa shape index (κ3) is 4.78. The molecule has 188 valence electrons. The Morgan fingerprint density at radius 1 is 1.19 bits per heavy atom. The molecule has 8 nitrogen and oxygen atoms in total. The molecule has 1 N–H and O–H groups in total. The van der Waals surface area contributed by atoms with Crippen molar-refractivity contribution < 1.29 is 19.1 Å². The number of anilines is 1. The zero-order chi connectivity index (χ0) is 26.1. The lowest BCUT2D eigenvalue weighted by Gasteiger charge is -2.35. The molecule has 4 rings (SSSR count). The highest BCUT2D eigenvalue weighted by Gasteiger charge is 2.56. The van der Waals surface area contributed by atoms with Crippen LogP contribution < -0.4 is 5.32 Å². The van der Waals surface area contributed by atoms with Gasteiger partial charge in [-0.3, -0.25) is 14.5 Å². The zero-order valence-corrected chi connectivity index (χ0v) is 21.2. The number of para-hydroxylation sites is 1. The second kappa shape index (κ2) is 9.65. The maximum absolute atomic E-state index is 14.0. The largest absolute Gasteiger partial charge is 0.445 e. The number of nitrogens with zero attached hydrogens (tertiary/aromatic N) is 3. The summed E-state index contributed by atoms with van der Waals surface area (Å²) in [4.78, 5) is 42.8. The third-order valence-corrected chi connectivity index (χ3v) is 6.97. The van der Waals surface area contributed by atoms with Gasteiger partial charge in [0, 0.05) is 25.7 Å². The lowest BCUT2D eigenvalue weighted by molar-refractivity contribution is -0.137. The number of carbonyl (C=O) groups excluding carboxylic acids is 3. The van der Waals surface area contributed by atoms with Gasteiger partial charge in [0.25, 0.3) is 0 Å². The molecule has 2 heterocycles. The van der Waals surface area contributed by atoms with E-state index in [1.165, 1.54) is 9.80 Å². The summed E-state index contributed by atoms with van der Waals surface area (Å²) >= 11 is 0. The first kappa shape index (κ1) is 25.2. The number of hydrogen-bond acceptors (Lipinski definition) is 5. The van der Waals surface area contributed by atoms with Gasteiger partial charge in [-0.25, -0.2) is 4.79 Å². The fourth-order valence-electron chi connectivity index (χ4n) is 5.10. The van der Waals surface area contributed by atoms with Gasteiger partial charge >= 0.3 is 6.09 Å². The summed E-state index contributed by atoms with van der Waals surface area (Å²) in [5.74, 6) is -0.563. The summed E-state index contributed by atoms with van der Waals surface area (Å²) in [6, 6.07) is 17.3. The van der Waals surface area contributed by atoms with E-state index in [0.717, 1.165) is 11.1 Å². The van der Waals surface area contributed by atoms with Crippen LogP contribution in [0.1, 0.15) is 44.7 Å². The number of nitrogens with one attached hydrogen (secondary N) is 1. The van der Waals surface area contributed by atoms with Crippen LogP contribution in [0.15, 0.2) is 54.6 Å². The topological polar surface area (TPSA) is 103 Å². The van der Waals surface area contributed by atoms with Gasteiger partial charge in [0.2, 0.25) is 11.8 Å². The Hall–Kier alpha value is -3.86. The normalized spacial score (nSPS) is 21.5. The molecule has 8 heteroatoms. The number of likely N-dealkylation sites (N-methyl/N-ethyl adjacent to an activating group) is 1. The van der Waals surface area contributed by atoms with Gasteiger partial charge in [-0.1, -0.05) is 69.3 Å². The lowest BCUT2D eigenvalue weighted by atomic mass is 9.80. The Labute approximate surface area is 211 Å². The highest BCUT2D eigenvalue weighted by atomic mass is 16.6. The molecular weight excluding hydrogens is 456 g/mol. The van der Waals surface area contributed by atoms with Crippen molar-refractivity contribution in [2.45, 2.75) is 57.7 Å². The van der Waals surface area contributed by atoms with E-state index >= 15 is 0 Å². The molecule has 2 aliphatic heterocycles. The smallest absolute Gasteiger partial charge is 0.410 e. The van der Waals surface area contributed by atoms with Gasteiger partial charge in [-0.15, -0.1) is 0 Å². The van der Waals surface area contributed by atoms with E-state index < -0.39 is 23.6 Å². The minimum absolute atomic E-state index is 0.0838. The second-order valence-corrected chi connectivity index (χ2v) is 10.8. The van der Waals surface area contributed by atoms with Crippen LogP contribution >= 0.6 is 0 Å². The van der Waals surface area contributed by atoms with Crippen LogP contribution in [-0.4, -0.2) is 53.4 Å². The van der Waals surface area contributed by atoms with Gasteiger partial charge < -0.3 is 15.0 Å². The van der Waals surface area contributed by atoms with Crippen LogP contribution in [-0.2, 0) is 26.3 Å². The van der Waals surface area contributed by atoms with E-state index in [1.54, 1.807) is 7.05 Å². The SMILES string of the molecule is CN(C(=O)OCc1ccccc1)[C@@H](CC(C)(C)C)C(=O)N1C[C@]2(CC1C#N)C(=O)Nc1ccccc12. The van der Waals surface area contributed by atoms with Crippen LogP contribution in [0, 0.1) is 16.7 Å². The molecule has 2 aromatic rings. The molecule has 0 saturated carbocycles. The Bertz CT molecular complexity index is 1200. The molecule has 3 atom stereocenters. The van der Waals surface area contributed by atoms with Gasteiger partial charge in [-0.2, -0.15) is 5.26 Å². The van der Waals surface area contributed by atoms with Crippen LogP contribution in [0.25, 0.3) is 0 Å². The molecule has 0 aliphatic carbocycles. The first-order valence-corrected chi connectivity index (χ1v) is 12.1. The number of likely N-dealkylation sites (tertiary alicyclic amines) is 1. The van der Waals surface area contributed by atoms with E-state index in [4.69, 9.17) is 4.74 Å². The van der Waals surface area contributed by atoms with Crippen molar-refractivity contribution in [1.29, 1.82) is 5.26 Å². The van der Waals surface area contributed by atoms with E-state index in [1.807, 2.05) is 75.4 Å². The predicted octanol–water partition coefficient (Wildman–Crippen LogP) is 4.07. The van der Waals surface area contributed by atoms with Crippen molar-refractivity contribution in [1.82, 2.24) is 9.80 Å². The van der Waals surface area contributed by atoms with Gasteiger partial charge in [0.15, 0.2) is 0 Å². The summed E-state index contributed by atoms with van der Waals surface area (Å²) in [5.41, 5.74) is 1.08. The van der Waals surface area contributed by atoms with Crippen molar-refractivity contribution in [3.63, 3.8) is 0 Å². The van der Waals surface area contributed by atoms with E-state index in [0.29, 0.717) is 12.1 Å². The third-order valence-electron chi connectivity index (χ3n) is 6.97. The molecule has 1 spiro atoms.